The van der Waals surface area contributed by atoms with Crippen LogP contribution in [0.1, 0.15) is 38.5 Å². The molecule has 1 N–H and O–H groups in total. The van der Waals surface area contributed by atoms with E-state index in [-0.39, 0.29) is 12.8 Å². The molecule has 0 radical (unpaired) electrons. The molecule has 24 heavy (non-hydrogen) atoms. The second-order valence-corrected chi connectivity index (χ2v) is 6.62. The van der Waals surface area contributed by atoms with Gasteiger partial charge in [-0.05, 0) is 37.8 Å². The molecule has 0 bridgehead atoms. The van der Waals surface area contributed by atoms with Gasteiger partial charge in [0.2, 0.25) is 5.91 Å². The number of nitrogens with one attached hydrogen (secondary N) is 1. The fraction of sp³-hybridized carbons (Fsp3) is 0.647. The lowest BCUT2D eigenvalue weighted by Crippen LogP contribution is -2.39. The molecule has 132 valence electrons. The number of hydrogen-bond acceptors (Lipinski definition) is 3. The van der Waals surface area contributed by atoms with Gasteiger partial charge in [-0.3, -0.25) is 4.79 Å². The quantitative estimate of drug-likeness (QED) is 0.904. The van der Waals surface area contributed by atoms with Gasteiger partial charge in [-0.25, -0.2) is 4.98 Å². The van der Waals surface area contributed by atoms with Crippen LogP contribution in [0.15, 0.2) is 18.3 Å². The Labute approximate surface area is 139 Å². The van der Waals surface area contributed by atoms with Crippen LogP contribution in [0.5, 0.6) is 0 Å². The Hall–Kier alpha value is -1.79. The van der Waals surface area contributed by atoms with Gasteiger partial charge in [0, 0.05) is 19.0 Å². The number of aromatic nitrogens is 1. The lowest BCUT2D eigenvalue weighted by molar-refractivity contribution is -0.197. The van der Waals surface area contributed by atoms with Crippen molar-refractivity contribution < 1.29 is 18.0 Å². The molecule has 1 aliphatic carbocycles. The molecule has 2 atom stereocenters. The van der Waals surface area contributed by atoms with Crippen molar-refractivity contribution in [3.63, 3.8) is 0 Å². The number of amides is 1. The number of anilines is 2. The monoisotopic (exact) mass is 341 g/mol. The van der Waals surface area contributed by atoms with E-state index in [2.05, 4.69) is 15.2 Å². The SMILES string of the molecule is O=C(Nc1ccc(N2CCCC2)cn1)[C@@H]1CCCC[C@@H]1C(F)(F)F. The average Bonchev–Trinajstić information content (AvgIpc) is 3.09. The Kier molecular flexibility index (Phi) is 4.96. The summed E-state index contributed by atoms with van der Waals surface area (Å²) in [5.41, 5.74) is 0.983. The van der Waals surface area contributed by atoms with Crippen LogP contribution in [-0.2, 0) is 4.79 Å². The number of carbonyl (C=O) groups is 1. The maximum absolute atomic E-state index is 13.1. The second kappa shape index (κ2) is 6.99. The van der Waals surface area contributed by atoms with Gasteiger partial charge in [0.1, 0.15) is 5.82 Å². The fourth-order valence-corrected chi connectivity index (χ4v) is 3.68. The van der Waals surface area contributed by atoms with E-state index in [9.17, 15) is 18.0 Å². The smallest absolute Gasteiger partial charge is 0.370 e. The van der Waals surface area contributed by atoms with Gasteiger partial charge in [0.25, 0.3) is 0 Å². The van der Waals surface area contributed by atoms with Crippen molar-refractivity contribution in [2.45, 2.75) is 44.7 Å². The van der Waals surface area contributed by atoms with Gasteiger partial charge in [-0.2, -0.15) is 13.2 Å². The molecule has 2 fully saturated rings. The van der Waals surface area contributed by atoms with E-state index in [4.69, 9.17) is 0 Å². The number of nitrogens with zero attached hydrogens (tertiary/aromatic N) is 2. The summed E-state index contributed by atoms with van der Waals surface area (Å²) in [5, 5.41) is 2.56. The zero-order valence-corrected chi connectivity index (χ0v) is 13.5. The Morgan fingerprint density at radius 3 is 2.46 bits per heavy atom. The largest absolute Gasteiger partial charge is 0.392 e. The second-order valence-electron chi connectivity index (χ2n) is 6.62. The third kappa shape index (κ3) is 3.82. The standard InChI is InChI=1S/C17H22F3N3O/c18-17(19,20)14-6-2-1-5-13(14)16(24)22-15-8-7-12(11-21-15)23-9-3-4-10-23/h7-8,11,13-14H,1-6,9-10H2,(H,21,22,24)/t13-,14+/m1/s1. The maximum Gasteiger partial charge on any atom is 0.392 e. The number of alkyl halides is 3. The van der Waals surface area contributed by atoms with Crippen LogP contribution in [0.2, 0.25) is 0 Å². The third-order valence-electron chi connectivity index (χ3n) is 4.99. The summed E-state index contributed by atoms with van der Waals surface area (Å²) in [5.74, 6) is -2.82. The van der Waals surface area contributed by atoms with Crippen LogP contribution >= 0.6 is 0 Å². The molecule has 1 saturated heterocycles. The first-order valence-corrected chi connectivity index (χ1v) is 8.54. The zero-order valence-electron chi connectivity index (χ0n) is 13.5. The molecule has 7 heteroatoms. The maximum atomic E-state index is 13.1. The van der Waals surface area contributed by atoms with Gasteiger partial charge in [0.15, 0.2) is 0 Å². The average molecular weight is 341 g/mol. The van der Waals surface area contributed by atoms with Crippen molar-refractivity contribution >= 4 is 17.4 Å². The van der Waals surface area contributed by atoms with E-state index in [0.717, 1.165) is 31.6 Å². The minimum Gasteiger partial charge on any atom is -0.370 e. The minimum atomic E-state index is -4.32. The number of rotatable bonds is 3. The van der Waals surface area contributed by atoms with E-state index in [1.807, 2.05) is 6.07 Å². The Morgan fingerprint density at radius 2 is 1.83 bits per heavy atom. The summed E-state index contributed by atoms with van der Waals surface area (Å²) >= 11 is 0. The fourth-order valence-electron chi connectivity index (χ4n) is 3.68. The first-order chi connectivity index (χ1) is 11.4. The highest BCUT2D eigenvalue weighted by atomic mass is 19.4. The van der Waals surface area contributed by atoms with Crippen molar-refractivity contribution in [2.75, 3.05) is 23.3 Å². The predicted octanol–water partition coefficient (Wildman–Crippen LogP) is 3.99. The zero-order chi connectivity index (χ0) is 17.2. The van der Waals surface area contributed by atoms with Crippen molar-refractivity contribution in [1.29, 1.82) is 0 Å². The normalized spacial score (nSPS) is 24.9. The van der Waals surface area contributed by atoms with E-state index in [1.165, 1.54) is 0 Å². The van der Waals surface area contributed by atoms with Gasteiger partial charge in [-0.1, -0.05) is 12.8 Å². The van der Waals surface area contributed by atoms with E-state index in [0.29, 0.717) is 18.7 Å². The molecule has 2 aliphatic rings. The highest BCUT2D eigenvalue weighted by molar-refractivity contribution is 5.92. The minimum absolute atomic E-state index is 0.0307. The lowest BCUT2D eigenvalue weighted by Gasteiger charge is -2.31. The lowest BCUT2D eigenvalue weighted by atomic mass is 9.78. The van der Waals surface area contributed by atoms with Crippen molar-refractivity contribution in [2.24, 2.45) is 11.8 Å². The van der Waals surface area contributed by atoms with E-state index in [1.54, 1.807) is 12.3 Å². The Balaban J connectivity index is 1.65. The van der Waals surface area contributed by atoms with Crippen LogP contribution in [0.25, 0.3) is 0 Å². The summed E-state index contributed by atoms with van der Waals surface area (Å²) in [6.07, 6.45) is 1.14. The molecular formula is C17H22F3N3O. The van der Waals surface area contributed by atoms with Gasteiger partial charge in [-0.15, -0.1) is 0 Å². The highest BCUT2D eigenvalue weighted by Gasteiger charge is 2.48. The van der Waals surface area contributed by atoms with Crippen LogP contribution in [0.4, 0.5) is 24.7 Å². The molecule has 1 saturated carbocycles. The molecule has 1 aromatic heterocycles. The third-order valence-corrected chi connectivity index (χ3v) is 4.99. The van der Waals surface area contributed by atoms with Crippen LogP contribution in [0, 0.1) is 11.8 Å². The molecule has 2 heterocycles. The van der Waals surface area contributed by atoms with Crippen molar-refractivity contribution in [1.82, 2.24) is 4.98 Å². The van der Waals surface area contributed by atoms with E-state index < -0.39 is 23.9 Å². The predicted molar refractivity (Wildman–Crippen MR) is 85.8 cm³/mol. The first-order valence-electron chi connectivity index (χ1n) is 8.54. The summed E-state index contributed by atoms with van der Waals surface area (Å²) in [7, 11) is 0. The first kappa shape index (κ1) is 17.0. The molecule has 0 unspecified atom stereocenters. The Morgan fingerprint density at radius 1 is 1.12 bits per heavy atom. The van der Waals surface area contributed by atoms with Gasteiger partial charge in [0.05, 0.1) is 17.8 Å². The molecular weight excluding hydrogens is 319 g/mol. The van der Waals surface area contributed by atoms with Crippen LogP contribution in [0.3, 0.4) is 0 Å². The number of hydrogen-bond donors (Lipinski definition) is 1. The summed E-state index contributed by atoms with van der Waals surface area (Å²) in [4.78, 5) is 18.7. The molecule has 0 aromatic carbocycles. The van der Waals surface area contributed by atoms with Crippen LogP contribution in [-0.4, -0.2) is 30.2 Å². The van der Waals surface area contributed by atoms with Crippen molar-refractivity contribution in [3.8, 4) is 0 Å². The topological polar surface area (TPSA) is 45.2 Å². The number of pyridine rings is 1. The Bertz CT molecular complexity index is 567. The molecule has 0 spiro atoms. The van der Waals surface area contributed by atoms with Crippen molar-refractivity contribution in [3.05, 3.63) is 18.3 Å². The molecule has 1 aromatic rings. The van der Waals surface area contributed by atoms with Gasteiger partial charge < -0.3 is 10.2 Å². The van der Waals surface area contributed by atoms with E-state index >= 15 is 0 Å². The summed E-state index contributed by atoms with van der Waals surface area (Å²) in [6.45, 7) is 1.98. The molecule has 1 amide bonds. The van der Waals surface area contributed by atoms with Gasteiger partial charge >= 0.3 is 6.18 Å². The number of halogens is 3. The molecule has 1 aliphatic heterocycles. The number of carbonyl (C=O) groups excluding carboxylic acids is 1. The van der Waals surface area contributed by atoms with Crippen LogP contribution < -0.4 is 10.2 Å². The summed E-state index contributed by atoms with van der Waals surface area (Å²) in [6, 6.07) is 3.52. The molecule has 3 rings (SSSR count). The molecule has 4 nitrogen and oxygen atoms in total. The summed E-state index contributed by atoms with van der Waals surface area (Å²) < 4.78 is 39.3. The highest BCUT2D eigenvalue weighted by Crippen LogP contribution is 2.41.